The number of hydrogen-bond donors (Lipinski definition) is 0. The molecule has 2 aromatic carbocycles. The minimum atomic E-state index is 0. The van der Waals surface area contributed by atoms with Gasteiger partial charge in [0.25, 0.3) is 0 Å². The standard InChI is InChI=1S/C45H68N2.2C2H6N.Pd/c1-5-8-11-13-15-16-17-18-19-20-21-22-24-26-32-43(38-47-46)44(35-10-7-3)45(41-33-27-29-39(4)36-41)42-34-28-31-40(37-42)30-25-23-14-12-9-6-2;2*1-3-2;/h26-29,31-34,36-37H,5-25,30,35H2,1-4H3;2*1-2H3;/q;2*-1;+2. The third-order valence-corrected chi connectivity index (χ3v) is 9.43. The fourth-order valence-corrected chi connectivity index (χ4v) is 6.62. The van der Waals surface area contributed by atoms with Crippen LogP contribution in [0.5, 0.6) is 0 Å². The van der Waals surface area contributed by atoms with Crippen molar-refractivity contribution in [3.8, 4) is 0 Å². The monoisotopic (exact) mass is 831 g/mol. The van der Waals surface area contributed by atoms with Crippen LogP contribution in [0.2, 0.25) is 0 Å². The number of allylic oxidation sites excluding steroid dienone is 4. The molecular formula is C49H80N4Pd. The van der Waals surface area contributed by atoms with Crippen molar-refractivity contribution in [3.63, 3.8) is 0 Å². The van der Waals surface area contributed by atoms with Gasteiger partial charge in [-0.25, -0.2) is 0 Å². The Bertz CT molecular complexity index is 1300. The first-order valence-corrected chi connectivity index (χ1v) is 21.5. The summed E-state index contributed by atoms with van der Waals surface area (Å²) in [4.78, 5) is 3.45. The second kappa shape index (κ2) is 40.3. The van der Waals surface area contributed by atoms with Gasteiger partial charge in [-0.2, -0.15) is 28.2 Å². The van der Waals surface area contributed by atoms with E-state index in [2.05, 4.69) is 110 Å². The van der Waals surface area contributed by atoms with E-state index in [0.29, 0.717) is 0 Å². The molecule has 0 aromatic heterocycles. The number of nitrogens with zero attached hydrogens (tertiary/aromatic N) is 4. The topological polar surface area (TPSA) is 64.6 Å². The van der Waals surface area contributed by atoms with E-state index in [9.17, 15) is 5.53 Å². The molecule has 0 saturated carbocycles. The Morgan fingerprint density at radius 2 is 1.09 bits per heavy atom. The normalized spacial score (nSPS) is 11.0. The van der Waals surface area contributed by atoms with Gasteiger partial charge in [0.2, 0.25) is 0 Å². The van der Waals surface area contributed by atoms with E-state index < -0.39 is 0 Å². The maximum Gasteiger partial charge on any atom is 2.00 e. The van der Waals surface area contributed by atoms with E-state index >= 15 is 0 Å². The quantitative estimate of drug-likeness (QED) is 0.0215. The van der Waals surface area contributed by atoms with Crippen molar-refractivity contribution < 1.29 is 25.2 Å². The van der Waals surface area contributed by atoms with Crippen LogP contribution in [0.1, 0.15) is 184 Å². The molecule has 306 valence electrons. The van der Waals surface area contributed by atoms with E-state index in [-0.39, 0.29) is 20.4 Å². The molecule has 54 heavy (non-hydrogen) atoms. The molecule has 0 unspecified atom stereocenters. The minimum absolute atomic E-state index is 0. The van der Waals surface area contributed by atoms with Crippen molar-refractivity contribution in [3.05, 3.63) is 110 Å². The van der Waals surface area contributed by atoms with Crippen LogP contribution in [-0.2, 0) is 26.8 Å². The minimum Gasteiger partial charge on any atom is -0.668 e. The first-order chi connectivity index (χ1) is 26.0. The van der Waals surface area contributed by atoms with Crippen LogP contribution in [0.3, 0.4) is 0 Å². The van der Waals surface area contributed by atoms with E-state index in [1.54, 1.807) is 28.2 Å². The molecular weight excluding hydrogens is 751 g/mol. The van der Waals surface area contributed by atoms with Crippen molar-refractivity contribution >= 4 is 11.4 Å². The predicted octanol–water partition coefficient (Wildman–Crippen LogP) is 15.6. The second-order valence-electron chi connectivity index (χ2n) is 14.6. The summed E-state index contributed by atoms with van der Waals surface area (Å²) in [5.74, 6) is 3.00. The smallest absolute Gasteiger partial charge is 0.668 e. The average molecular weight is 832 g/mol. The third-order valence-electron chi connectivity index (χ3n) is 9.43. The zero-order valence-electron chi connectivity index (χ0n) is 36.1. The van der Waals surface area contributed by atoms with Gasteiger partial charge in [0.05, 0.1) is 0 Å². The molecule has 4 nitrogen and oxygen atoms in total. The SMILES string of the molecule is CCCCCCCCCCCCCCC=CC(=C=[N+]=[N-])C(CCCC)=C(c1cccc(C)c1)c1cccc(CCCCCCCC)c1.C[N-]C.C[N-]C.[Pd+2]. The van der Waals surface area contributed by atoms with Gasteiger partial charge in [0.1, 0.15) is 5.57 Å². The van der Waals surface area contributed by atoms with Gasteiger partial charge in [0.15, 0.2) is 0 Å². The molecule has 0 radical (unpaired) electrons. The van der Waals surface area contributed by atoms with Crippen LogP contribution in [0.4, 0.5) is 0 Å². The maximum absolute atomic E-state index is 9.75. The molecule has 0 saturated heterocycles. The Morgan fingerprint density at radius 1 is 0.630 bits per heavy atom. The number of hydrogen-bond acceptors (Lipinski definition) is 0. The molecule has 0 bridgehead atoms. The van der Waals surface area contributed by atoms with Gasteiger partial charge in [-0.05, 0) is 79.4 Å². The number of unbranched alkanes of at least 4 members (excludes halogenated alkanes) is 18. The van der Waals surface area contributed by atoms with Gasteiger partial charge in [-0.3, -0.25) is 0 Å². The zero-order valence-corrected chi connectivity index (χ0v) is 37.7. The first kappa shape index (κ1) is 53.8. The van der Waals surface area contributed by atoms with Crippen LogP contribution < -0.4 is 0 Å². The van der Waals surface area contributed by atoms with Crippen molar-refractivity contribution in [2.45, 2.75) is 175 Å². The molecule has 5 heteroatoms. The van der Waals surface area contributed by atoms with Gasteiger partial charge in [-0.1, -0.05) is 190 Å². The largest absolute Gasteiger partial charge is 2.00 e. The van der Waals surface area contributed by atoms with Gasteiger partial charge < -0.3 is 16.2 Å². The summed E-state index contributed by atoms with van der Waals surface area (Å²) in [6, 6.07) is 18.0. The molecule has 0 aliphatic rings. The number of aryl methyl sites for hydroxylation is 2. The molecule has 2 rings (SSSR count). The van der Waals surface area contributed by atoms with Crippen LogP contribution in [0.25, 0.3) is 21.7 Å². The summed E-state index contributed by atoms with van der Waals surface area (Å²) in [6.07, 6.45) is 34.0. The van der Waals surface area contributed by atoms with E-state index in [4.69, 9.17) is 0 Å². The van der Waals surface area contributed by atoms with Crippen LogP contribution in [0.15, 0.2) is 71.8 Å². The molecule has 0 aliphatic carbocycles. The van der Waals surface area contributed by atoms with E-state index in [1.807, 2.05) is 0 Å². The summed E-state index contributed by atoms with van der Waals surface area (Å²) in [7, 11) is 7.00. The summed E-state index contributed by atoms with van der Waals surface area (Å²) in [6.45, 7) is 8.99. The van der Waals surface area contributed by atoms with Crippen LogP contribution in [0, 0.1) is 6.92 Å². The fourth-order valence-electron chi connectivity index (χ4n) is 6.62. The van der Waals surface area contributed by atoms with Gasteiger partial charge >= 0.3 is 26.3 Å². The maximum atomic E-state index is 9.75. The summed E-state index contributed by atoms with van der Waals surface area (Å²) >= 11 is 0. The van der Waals surface area contributed by atoms with Crippen LogP contribution >= 0.6 is 0 Å². The van der Waals surface area contributed by atoms with Crippen molar-refractivity contribution in [1.82, 2.24) is 0 Å². The molecule has 0 aliphatic heterocycles. The van der Waals surface area contributed by atoms with Crippen LogP contribution in [-0.4, -0.2) is 38.9 Å². The Labute approximate surface area is 348 Å². The second-order valence-corrected chi connectivity index (χ2v) is 14.6. The number of benzene rings is 2. The summed E-state index contributed by atoms with van der Waals surface area (Å²) < 4.78 is 0. The molecule has 0 fully saturated rings. The first-order valence-electron chi connectivity index (χ1n) is 21.5. The van der Waals surface area contributed by atoms with E-state index in [1.165, 1.54) is 149 Å². The third kappa shape index (κ3) is 28.1. The fraction of sp³-hybridized carbons (Fsp3) is 0.633. The Hall–Kier alpha value is -2.34. The Kier molecular flexibility index (Phi) is 40.2. The Balaban J connectivity index is 0. The van der Waals surface area contributed by atoms with E-state index in [0.717, 1.165) is 37.7 Å². The Morgan fingerprint density at radius 3 is 1.59 bits per heavy atom. The molecule has 0 amide bonds. The number of rotatable bonds is 27. The van der Waals surface area contributed by atoms with Crippen molar-refractivity contribution in [2.75, 3.05) is 28.2 Å². The molecule has 0 spiro atoms. The van der Waals surface area contributed by atoms with Gasteiger partial charge in [0, 0.05) is 0 Å². The summed E-state index contributed by atoms with van der Waals surface area (Å²) in [5, 5.41) is 7.00. The zero-order chi connectivity index (χ0) is 39.2. The van der Waals surface area contributed by atoms with Crippen molar-refractivity contribution in [1.29, 1.82) is 0 Å². The summed E-state index contributed by atoms with van der Waals surface area (Å²) in [5.41, 5.74) is 18.2. The van der Waals surface area contributed by atoms with Crippen molar-refractivity contribution in [2.24, 2.45) is 0 Å². The molecule has 2 aromatic rings. The predicted molar refractivity (Wildman–Crippen MR) is 238 cm³/mol. The molecule has 0 atom stereocenters. The molecule has 0 heterocycles. The molecule has 0 N–H and O–H groups in total. The average Bonchev–Trinajstić information content (AvgIpc) is 3.15. The van der Waals surface area contributed by atoms with Gasteiger partial charge in [-0.15, -0.1) is 4.79 Å².